The van der Waals surface area contributed by atoms with Gasteiger partial charge in [0, 0.05) is 18.6 Å². The lowest BCUT2D eigenvalue weighted by atomic mass is 10.3. The number of nitrogens with one attached hydrogen (secondary N) is 1. The van der Waals surface area contributed by atoms with Crippen LogP contribution in [0, 0.1) is 5.82 Å². The molecule has 2 aromatic carbocycles. The van der Waals surface area contributed by atoms with Crippen molar-refractivity contribution >= 4 is 42.4 Å². The molecule has 1 aromatic heterocycles. The van der Waals surface area contributed by atoms with Crippen LogP contribution in [0.25, 0.3) is 10.2 Å². The molecule has 0 spiro atoms. The zero-order chi connectivity index (χ0) is 21.0. The van der Waals surface area contributed by atoms with E-state index >= 15 is 0 Å². The first kappa shape index (κ1) is 21.0. The van der Waals surface area contributed by atoms with Crippen LogP contribution < -0.4 is 14.8 Å². The number of carbonyl (C=O) groups is 1. The highest BCUT2D eigenvalue weighted by atomic mass is 32.2. The van der Waals surface area contributed by atoms with Gasteiger partial charge in [-0.1, -0.05) is 11.3 Å². The number of aromatic nitrogens is 1. The van der Waals surface area contributed by atoms with Gasteiger partial charge in [0.2, 0.25) is 5.91 Å². The number of nitrogens with zero attached hydrogens (tertiary/aromatic N) is 1. The Hall–Kier alpha value is -2.72. The summed E-state index contributed by atoms with van der Waals surface area (Å²) in [6.45, 7) is 0. The van der Waals surface area contributed by atoms with E-state index in [0.29, 0.717) is 22.1 Å². The number of hydrogen-bond acceptors (Lipinski definition) is 7. The van der Waals surface area contributed by atoms with Crippen molar-refractivity contribution in [1.29, 1.82) is 0 Å². The van der Waals surface area contributed by atoms with E-state index in [-0.39, 0.29) is 29.4 Å². The molecule has 0 aliphatic rings. The Morgan fingerprint density at radius 1 is 1.14 bits per heavy atom. The molecule has 7 nitrogen and oxygen atoms in total. The smallest absolute Gasteiger partial charge is 0.226 e. The topological polar surface area (TPSA) is 94.6 Å². The molecule has 0 aliphatic heterocycles. The van der Waals surface area contributed by atoms with E-state index in [1.165, 1.54) is 37.7 Å². The van der Waals surface area contributed by atoms with Crippen molar-refractivity contribution in [2.24, 2.45) is 0 Å². The molecule has 3 rings (SSSR count). The maximum Gasteiger partial charge on any atom is 0.226 e. The molecule has 0 fully saturated rings. The molecule has 29 heavy (non-hydrogen) atoms. The van der Waals surface area contributed by atoms with Gasteiger partial charge in [0.05, 0.1) is 35.1 Å². The van der Waals surface area contributed by atoms with E-state index in [0.717, 1.165) is 16.8 Å². The number of carbonyl (C=O) groups excluding carboxylic acids is 1. The van der Waals surface area contributed by atoms with Crippen LogP contribution in [0.3, 0.4) is 0 Å². The third-order valence-corrected chi connectivity index (χ3v) is 6.88. The second-order valence-corrected chi connectivity index (χ2v) is 9.26. The number of halogens is 1. The molecule has 0 unspecified atom stereocenters. The van der Waals surface area contributed by atoms with Gasteiger partial charge in [-0.2, -0.15) is 0 Å². The fourth-order valence-corrected chi connectivity index (χ4v) is 4.88. The number of hydrogen-bond donors (Lipinski definition) is 1. The first-order valence-corrected chi connectivity index (χ1v) is 11.1. The monoisotopic (exact) mass is 438 g/mol. The molecule has 10 heteroatoms. The van der Waals surface area contributed by atoms with Crippen LogP contribution in [-0.4, -0.2) is 39.3 Å². The van der Waals surface area contributed by atoms with Crippen LogP contribution in [-0.2, 0) is 14.6 Å². The Labute approximate surface area is 171 Å². The maximum atomic E-state index is 12.9. The van der Waals surface area contributed by atoms with E-state index in [1.54, 1.807) is 12.1 Å². The molecule has 154 valence electrons. The fraction of sp³-hybridized carbons (Fsp3) is 0.263. The van der Waals surface area contributed by atoms with Gasteiger partial charge in [0.25, 0.3) is 0 Å². The van der Waals surface area contributed by atoms with Crippen molar-refractivity contribution in [3.8, 4) is 11.5 Å². The van der Waals surface area contributed by atoms with E-state index in [4.69, 9.17) is 9.47 Å². The summed E-state index contributed by atoms with van der Waals surface area (Å²) in [7, 11) is -0.507. The molecule has 3 aromatic rings. The Balaban J connectivity index is 1.60. The number of sulfone groups is 1. The summed E-state index contributed by atoms with van der Waals surface area (Å²) in [4.78, 5) is 16.5. The van der Waals surface area contributed by atoms with Crippen LogP contribution in [0.4, 0.5) is 9.52 Å². The highest BCUT2D eigenvalue weighted by molar-refractivity contribution is 7.91. The SMILES string of the molecule is COc1cc2nc(NC(=O)CCCS(=O)(=O)c3ccc(F)cc3)sc2cc1OC. The molecule has 0 saturated carbocycles. The maximum absolute atomic E-state index is 12.9. The summed E-state index contributed by atoms with van der Waals surface area (Å²) in [5.41, 5.74) is 0.654. The molecule has 0 atom stereocenters. The highest BCUT2D eigenvalue weighted by Gasteiger charge is 2.16. The third kappa shape index (κ3) is 5.01. The van der Waals surface area contributed by atoms with Gasteiger partial charge in [-0.15, -0.1) is 0 Å². The van der Waals surface area contributed by atoms with E-state index in [2.05, 4.69) is 10.3 Å². The minimum atomic E-state index is -3.57. The van der Waals surface area contributed by atoms with Crippen LogP contribution in [0.1, 0.15) is 12.8 Å². The average molecular weight is 439 g/mol. The highest BCUT2D eigenvalue weighted by Crippen LogP contribution is 2.36. The molecule has 1 heterocycles. The molecule has 1 amide bonds. The number of rotatable bonds is 8. The Morgan fingerprint density at radius 3 is 2.45 bits per heavy atom. The van der Waals surface area contributed by atoms with E-state index in [1.807, 2.05) is 0 Å². The molecular formula is C19H19FN2O5S2. The number of amides is 1. The zero-order valence-electron chi connectivity index (χ0n) is 15.8. The summed E-state index contributed by atoms with van der Waals surface area (Å²) in [6, 6.07) is 8.11. The molecule has 0 saturated heterocycles. The van der Waals surface area contributed by atoms with Crippen molar-refractivity contribution in [3.63, 3.8) is 0 Å². The van der Waals surface area contributed by atoms with Gasteiger partial charge in [-0.05, 0) is 30.7 Å². The van der Waals surface area contributed by atoms with E-state index in [9.17, 15) is 17.6 Å². The lowest BCUT2D eigenvalue weighted by Gasteiger charge is -2.05. The minimum Gasteiger partial charge on any atom is -0.493 e. The number of thiazole rings is 1. The van der Waals surface area contributed by atoms with E-state index < -0.39 is 15.7 Å². The van der Waals surface area contributed by atoms with Crippen LogP contribution in [0.15, 0.2) is 41.3 Å². The Bertz CT molecular complexity index is 1090. The van der Waals surface area contributed by atoms with Crippen molar-refractivity contribution in [3.05, 3.63) is 42.2 Å². The number of methoxy groups -OCH3 is 2. The van der Waals surface area contributed by atoms with Crippen LogP contribution in [0.2, 0.25) is 0 Å². The first-order chi connectivity index (χ1) is 13.8. The van der Waals surface area contributed by atoms with Gasteiger partial charge in [0.15, 0.2) is 26.5 Å². The van der Waals surface area contributed by atoms with Gasteiger partial charge < -0.3 is 14.8 Å². The van der Waals surface area contributed by atoms with Crippen molar-refractivity contribution in [1.82, 2.24) is 4.98 Å². The molecule has 0 aliphatic carbocycles. The minimum absolute atomic E-state index is 0.0169. The lowest BCUT2D eigenvalue weighted by molar-refractivity contribution is -0.116. The zero-order valence-corrected chi connectivity index (χ0v) is 17.4. The van der Waals surface area contributed by atoms with Crippen molar-refractivity contribution in [2.45, 2.75) is 17.7 Å². The summed E-state index contributed by atoms with van der Waals surface area (Å²) >= 11 is 1.28. The van der Waals surface area contributed by atoms with Crippen molar-refractivity contribution in [2.75, 3.05) is 25.3 Å². The summed E-state index contributed by atoms with van der Waals surface area (Å²) in [5.74, 6) is 0.0497. The number of ether oxygens (including phenoxy) is 2. The largest absolute Gasteiger partial charge is 0.493 e. The Kier molecular flexibility index (Phi) is 6.33. The molecular weight excluding hydrogens is 419 g/mol. The van der Waals surface area contributed by atoms with Crippen LogP contribution in [0.5, 0.6) is 11.5 Å². The predicted octanol–water partition coefficient (Wildman–Crippen LogP) is 3.65. The number of fused-ring (bicyclic) bond motifs is 1. The normalized spacial score (nSPS) is 11.4. The second kappa shape index (κ2) is 8.75. The molecule has 0 bridgehead atoms. The predicted molar refractivity (Wildman–Crippen MR) is 109 cm³/mol. The first-order valence-electron chi connectivity index (χ1n) is 8.63. The van der Waals surface area contributed by atoms with Gasteiger partial charge in [0.1, 0.15) is 5.82 Å². The quantitative estimate of drug-likeness (QED) is 0.540. The molecule has 0 radical (unpaired) electrons. The van der Waals surface area contributed by atoms with Gasteiger partial charge in [-0.3, -0.25) is 4.79 Å². The standard InChI is InChI=1S/C19H19FN2O5S2/c1-26-15-10-14-17(11-16(15)27-2)28-19(21-14)22-18(23)4-3-9-29(24,25)13-7-5-12(20)6-8-13/h5-8,10-11H,3-4,9H2,1-2H3,(H,21,22,23). The summed E-state index contributed by atoms with van der Waals surface area (Å²) < 4.78 is 48.7. The molecule has 1 N–H and O–H groups in total. The summed E-state index contributed by atoms with van der Waals surface area (Å²) in [5, 5.41) is 3.09. The van der Waals surface area contributed by atoms with Crippen LogP contribution >= 0.6 is 11.3 Å². The lowest BCUT2D eigenvalue weighted by Crippen LogP contribution is -2.14. The fourth-order valence-electron chi connectivity index (χ4n) is 2.67. The van der Waals surface area contributed by atoms with Gasteiger partial charge in [-0.25, -0.2) is 17.8 Å². The second-order valence-electron chi connectivity index (χ2n) is 6.12. The Morgan fingerprint density at radius 2 is 1.79 bits per heavy atom. The number of anilines is 1. The summed E-state index contributed by atoms with van der Waals surface area (Å²) in [6.07, 6.45) is 0.154. The number of benzene rings is 2. The third-order valence-electron chi connectivity index (χ3n) is 4.13. The average Bonchev–Trinajstić information content (AvgIpc) is 3.07. The van der Waals surface area contributed by atoms with Crippen molar-refractivity contribution < 1.29 is 27.1 Å². The van der Waals surface area contributed by atoms with Gasteiger partial charge >= 0.3 is 0 Å².